The van der Waals surface area contributed by atoms with Gasteiger partial charge in [-0.25, -0.2) is 4.79 Å². The van der Waals surface area contributed by atoms with Crippen molar-refractivity contribution in [3.05, 3.63) is 41.0 Å². The van der Waals surface area contributed by atoms with E-state index in [1.807, 2.05) is 12.1 Å². The first-order chi connectivity index (χ1) is 14.5. The number of hydrogen-bond acceptors (Lipinski definition) is 8. The Labute approximate surface area is 174 Å². The summed E-state index contributed by atoms with van der Waals surface area (Å²) in [6, 6.07) is 6.51. The van der Waals surface area contributed by atoms with Gasteiger partial charge in [-0.05, 0) is 41.0 Å². The molecule has 0 spiro atoms. The number of ether oxygens (including phenoxy) is 6. The van der Waals surface area contributed by atoms with Crippen LogP contribution >= 0.6 is 0 Å². The summed E-state index contributed by atoms with van der Waals surface area (Å²) in [6.07, 6.45) is -0.644. The van der Waals surface area contributed by atoms with Gasteiger partial charge in [-0.2, -0.15) is 5.06 Å². The Morgan fingerprint density at radius 3 is 1.90 bits per heavy atom. The van der Waals surface area contributed by atoms with E-state index in [1.165, 1.54) is 33.5 Å². The number of rotatable bonds is 6. The van der Waals surface area contributed by atoms with Crippen molar-refractivity contribution in [2.45, 2.75) is 12.6 Å². The van der Waals surface area contributed by atoms with E-state index in [1.54, 1.807) is 26.4 Å². The van der Waals surface area contributed by atoms with E-state index in [0.717, 1.165) is 11.1 Å². The van der Waals surface area contributed by atoms with Crippen LogP contribution in [0.5, 0.6) is 28.7 Å². The second-order valence-corrected chi connectivity index (χ2v) is 6.34. The number of carbonyl (C=O) groups is 1. The average Bonchev–Trinajstić information content (AvgIpc) is 2.80. The fourth-order valence-electron chi connectivity index (χ4n) is 3.48. The summed E-state index contributed by atoms with van der Waals surface area (Å²) in [5, 5.41) is 1.18. The maximum Gasteiger partial charge on any atom is 0.434 e. The van der Waals surface area contributed by atoms with Crippen molar-refractivity contribution in [1.29, 1.82) is 0 Å². The van der Waals surface area contributed by atoms with Gasteiger partial charge in [0.05, 0.1) is 42.7 Å². The Morgan fingerprint density at radius 2 is 1.40 bits per heavy atom. The van der Waals surface area contributed by atoms with Gasteiger partial charge in [-0.15, -0.1) is 0 Å². The fraction of sp³-hybridized carbons (Fsp3) is 0.381. The van der Waals surface area contributed by atoms with Crippen molar-refractivity contribution in [2.75, 3.05) is 42.7 Å². The zero-order chi connectivity index (χ0) is 21.8. The number of amides is 1. The van der Waals surface area contributed by atoms with Gasteiger partial charge in [0.25, 0.3) is 0 Å². The Hall–Kier alpha value is -3.33. The van der Waals surface area contributed by atoms with E-state index >= 15 is 0 Å². The molecule has 9 heteroatoms. The van der Waals surface area contributed by atoms with E-state index in [2.05, 4.69) is 0 Å². The average molecular weight is 419 g/mol. The largest absolute Gasteiger partial charge is 0.493 e. The zero-order valence-electron chi connectivity index (χ0n) is 17.8. The van der Waals surface area contributed by atoms with Crippen molar-refractivity contribution >= 4 is 6.09 Å². The van der Waals surface area contributed by atoms with Crippen molar-refractivity contribution < 1.29 is 38.1 Å². The summed E-state index contributed by atoms with van der Waals surface area (Å²) < 4.78 is 32.2. The van der Waals surface area contributed by atoms with E-state index in [0.29, 0.717) is 34.3 Å². The van der Waals surface area contributed by atoms with Crippen LogP contribution in [0.2, 0.25) is 0 Å². The van der Waals surface area contributed by atoms with Crippen LogP contribution in [-0.4, -0.2) is 53.8 Å². The molecule has 1 heterocycles. The topological polar surface area (TPSA) is 84.9 Å². The predicted molar refractivity (Wildman–Crippen MR) is 107 cm³/mol. The molecule has 0 aliphatic carbocycles. The van der Waals surface area contributed by atoms with Gasteiger partial charge in [-0.3, -0.25) is 4.84 Å². The van der Waals surface area contributed by atoms with Crippen molar-refractivity contribution in [3.63, 3.8) is 0 Å². The molecule has 1 amide bonds. The summed E-state index contributed by atoms with van der Waals surface area (Å²) in [4.78, 5) is 18.3. The lowest BCUT2D eigenvalue weighted by atomic mass is 9.92. The van der Waals surface area contributed by atoms with Crippen LogP contribution in [0.3, 0.4) is 0 Å². The third kappa shape index (κ3) is 3.63. The maximum absolute atomic E-state index is 12.5. The highest BCUT2D eigenvalue weighted by Crippen LogP contribution is 2.46. The van der Waals surface area contributed by atoms with Crippen LogP contribution < -0.4 is 23.7 Å². The van der Waals surface area contributed by atoms with E-state index in [4.69, 9.17) is 33.3 Å². The molecule has 1 aliphatic heterocycles. The molecule has 162 valence electrons. The molecule has 0 saturated carbocycles. The predicted octanol–water partition coefficient (Wildman–Crippen LogP) is 3.33. The maximum atomic E-state index is 12.5. The van der Waals surface area contributed by atoms with Gasteiger partial charge in [-0.1, -0.05) is 0 Å². The fourth-order valence-corrected chi connectivity index (χ4v) is 3.48. The molecule has 0 radical (unpaired) electrons. The third-order valence-electron chi connectivity index (χ3n) is 4.89. The first kappa shape index (κ1) is 21.4. The number of carbonyl (C=O) groups excluding carboxylic acids is 1. The molecule has 2 aromatic carbocycles. The van der Waals surface area contributed by atoms with E-state index in [-0.39, 0.29) is 6.61 Å². The van der Waals surface area contributed by atoms with Gasteiger partial charge in [0.15, 0.2) is 23.0 Å². The van der Waals surface area contributed by atoms with Crippen LogP contribution in [0.15, 0.2) is 24.3 Å². The van der Waals surface area contributed by atoms with Crippen molar-refractivity contribution in [2.24, 2.45) is 0 Å². The number of hydroxylamine groups is 2. The number of hydrogen-bond donors (Lipinski definition) is 0. The molecular formula is C21H25NO8. The second-order valence-electron chi connectivity index (χ2n) is 6.34. The highest BCUT2D eigenvalue weighted by Gasteiger charge is 2.36. The number of benzene rings is 2. The summed E-state index contributed by atoms with van der Waals surface area (Å²) >= 11 is 0. The minimum atomic E-state index is -0.658. The number of nitrogens with zero attached hydrogens (tertiary/aromatic N) is 1. The SMILES string of the molecule is COC(=O)N1OCc2cc(OC)c(OC)cc2C1c1cc(OC)c(OC)c(OC)c1. The Kier molecular flexibility index (Phi) is 6.41. The number of methoxy groups -OCH3 is 6. The normalized spacial score (nSPS) is 15.1. The molecule has 1 aliphatic rings. The Morgan fingerprint density at radius 1 is 0.833 bits per heavy atom. The molecule has 3 rings (SSSR count). The Balaban J connectivity index is 2.25. The molecule has 9 nitrogen and oxygen atoms in total. The highest BCUT2D eigenvalue weighted by molar-refractivity contribution is 5.69. The van der Waals surface area contributed by atoms with Crippen molar-refractivity contribution in [1.82, 2.24) is 5.06 Å². The van der Waals surface area contributed by atoms with Gasteiger partial charge in [0.2, 0.25) is 5.75 Å². The summed E-state index contributed by atoms with van der Waals surface area (Å²) in [5.41, 5.74) is 2.30. The van der Waals surface area contributed by atoms with E-state index < -0.39 is 12.1 Å². The van der Waals surface area contributed by atoms with Gasteiger partial charge >= 0.3 is 6.09 Å². The lowest BCUT2D eigenvalue weighted by Crippen LogP contribution is -2.39. The van der Waals surface area contributed by atoms with Gasteiger partial charge in [0, 0.05) is 0 Å². The van der Waals surface area contributed by atoms with Crippen LogP contribution in [0.1, 0.15) is 22.7 Å². The summed E-state index contributed by atoms with van der Waals surface area (Å²) in [6.45, 7) is 0.158. The Bertz CT molecular complexity index is 904. The highest BCUT2D eigenvalue weighted by atomic mass is 16.7. The summed E-state index contributed by atoms with van der Waals surface area (Å²) in [5.74, 6) is 2.43. The van der Waals surface area contributed by atoms with Crippen LogP contribution in [-0.2, 0) is 16.2 Å². The molecule has 1 unspecified atom stereocenters. The first-order valence-electron chi connectivity index (χ1n) is 9.07. The van der Waals surface area contributed by atoms with Crippen LogP contribution in [0.25, 0.3) is 0 Å². The molecule has 0 N–H and O–H groups in total. The second kappa shape index (κ2) is 9.00. The standard InChI is InChI=1S/C21H25NO8/c1-24-15-9-13-11-30-22(21(23)29-6)19(14(13)10-16(15)25-2)12-7-17(26-3)20(28-5)18(8-12)27-4/h7-10,19H,11H2,1-6H3. The monoisotopic (exact) mass is 419 g/mol. The molecule has 0 saturated heterocycles. The molecule has 0 bridgehead atoms. The quantitative estimate of drug-likeness (QED) is 0.705. The van der Waals surface area contributed by atoms with Gasteiger partial charge < -0.3 is 28.4 Å². The minimum Gasteiger partial charge on any atom is -0.493 e. The molecular weight excluding hydrogens is 394 g/mol. The minimum absolute atomic E-state index is 0.158. The summed E-state index contributed by atoms with van der Waals surface area (Å²) in [7, 11) is 8.98. The van der Waals surface area contributed by atoms with Gasteiger partial charge in [0.1, 0.15) is 12.6 Å². The van der Waals surface area contributed by atoms with Crippen LogP contribution in [0.4, 0.5) is 4.79 Å². The zero-order valence-corrected chi connectivity index (χ0v) is 17.8. The van der Waals surface area contributed by atoms with Crippen molar-refractivity contribution in [3.8, 4) is 28.7 Å². The molecule has 2 aromatic rings. The smallest absolute Gasteiger partial charge is 0.434 e. The lowest BCUT2D eigenvalue weighted by molar-refractivity contribution is -0.173. The molecule has 1 atom stereocenters. The van der Waals surface area contributed by atoms with Crippen LogP contribution in [0, 0.1) is 0 Å². The first-order valence-corrected chi connectivity index (χ1v) is 9.07. The number of fused-ring (bicyclic) bond motifs is 1. The molecule has 30 heavy (non-hydrogen) atoms. The lowest BCUT2D eigenvalue weighted by Gasteiger charge is -2.36. The third-order valence-corrected chi connectivity index (χ3v) is 4.89. The molecule has 0 fully saturated rings. The van der Waals surface area contributed by atoms with E-state index in [9.17, 15) is 4.79 Å². The molecule has 0 aromatic heterocycles.